The van der Waals surface area contributed by atoms with E-state index in [4.69, 9.17) is 9.15 Å². The highest BCUT2D eigenvalue weighted by atomic mass is 16.5. The number of ether oxygens (including phenoxy) is 1. The largest absolute Gasteiger partial charge is 0.508 e. The van der Waals surface area contributed by atoms with Gasteiger partial charge in [-0.1, -0.05) is 30.3 Å². The van der Waals surface area contributed by atoms with Crippen LogP contribution in [0, 0.1) is 0 Å². The molecule has 2 heterocycles. The van der Waals surface area contributed by atoms with Crippen LogP contribution in [0.3, 0.4) is 0 Å². The summed E-state index contributed by atoms with van der Waals surface area (Å²) in [7, 11) is 0. The molecule has 0 amide bonds. The molecular weight excluding hydrogens is 302 g/mol. The molecule has 1 saturated heterocycles. The van der Waals surface area contributed by atoms with E-state index in [1.807, 2.05) is 24.3 Å². The molecule has 0 saturated carbocycles. The van der Waals surface area contributed by atoms with E-state index in [9.17, 15) is 5.11 Å². The molecule has 4 heteroatoms. The molecule has 2 aromatic carbocycles. The number of hydrogen-bond donors (Lipinski definition) is 1. The van der Waals surface area contributed by atoms with Crippen molar-refractivity contribution < 1.29 is 14.3 Å². The summed E-state index contributed by atoms with van der Waals surface area (Å²) < 4.78 is 11.4. The van der Waals surface area contributed by atoms with E-state index in [1.165, 1.54) is 5.56 Å². The summed E-state index contributed by atoms with van der Waals surface area (Å²) in [6.07, 6.45) is 0.757. The molecule has 24 heavy (non-hydrogen) atoms. The molecule has 0 unspecified atom stereocenters. The molecule has 0 spiro atoms. The zero-order chi connectivity index (χ0) is 16.4. The topological polar surface area (TPSA) is 45.8 Å². The number of fused-ring (bicyclic) bond motifs is 1. The summed E-state index contributed by atoms with van der Waals surface area (Å²) in [5, 5.41) is 11.3. The summed E-state index contributed by atoms with van der Waals surface area (Å²) in [5.74, 6) is 1.26. The highest BCUT2D eigenvalue weighted by Gasteiger charge is 2.17. The minimum absolute atomic E-state index is 0.334. The van der Waals surface area contributed by atoms with Gasteiger partial charge in [0, 0.05) is 37.0 Å². The zero-order valence-corrected chi connectivity index (χ0v) is 13.6. The lowest BCUT2D eigenvalue weighted by Crippen LogP contribution is -2.35. The average molecular weight is 323 g/mol. The number of aromatic hydroxyl groups is 1. The SMILES string of the molecule is Oc1ccc2oc(Cc3ccccc3)cc2c1CN1CCOCC1. The van der Waals surface area contributed by atoms with Gasteiger partial charge in [-0.2, -0.15) is 0 Å². The molecule has 124 valence electrons. The Morgan fingerprint density at radius 3 is 2.58 bits per heavy atom. The molecule has 1 aliphatic rings. The fourth-order valence-corrected chi connectivity index (χ4v) is 3.24. The quantitative estimate of drug-likeness (QED) is 0.797. The lowest BCUT2D eigenvalue weighted by atomic mass is 10.1. The average Bonchev–Trinajstić information content (AvgIpc) is 3.02. The van der Waals surface area contributed by atoms with Crippen molar-refractivity contribution in [2.75, 3.05) is 26.3 Å². The summed E-state index contributed by atoms with van der Waals surface area (Å²) in [4.78, 5) is 2.31. The summed E-state index contributed by atoms with van der Waals surface area (Å²) in [6, 6.07) is 15.9. The van der Waals surface area contributed by atoms with E-state index in [0.29, 0.717) is 5.75 Å². The van der Waals surface area contributed by atoms with E-state index in [2.05, 4.69) is 23.1 Å². The summed E-state index contributed by atoms with van der Waals surface area (Å²) in [6.45, 7) is 4.01. The van der Waals surface area contributed by atoms with Crippen molar-refractivity contribution in [2.24, 2.45) is 0 Å². The van der Waals surface area contributed by atoms with Gasteiger partial charge in [0.05, 0.1) is 13.2 Å². The van der Waals surface area contributed by atoms with Crippen LogP contribution < -0.4 is 0 Å². The summed E-state index contributed by atoms with van der Waals surface area (Å²) in [5.41, 5.74) is 3.00. The molecule has 4 nitrogen and oxygen atoms in total. The van der Waals surface area contributed by atoms with Gasteiger partial charge < -0.3 is 14.3 Å². The Kier molecular flexibility index (Phi) is 4.24. The first-order valence-corrected chi connectivity index (χ1v) is 8.37. The zero-order valence-electron chi connectivity index (χ0n) is 13.6. The van der Waals surface area contributed by atoms with Crippen molar-refractivity contribution in [1.82, 2.24) is 4.90 Å². The van der Waals surface area contributed by atoms with Crippen molar-refractivity contribution in [1.29, 1.82) is 0 Å². The van der Waals surface area contributed by atoms with Gasteiger partial charge >= 0.3 is 0 Å². The van der Waals surface area contributed by atoms with Crippen LogP contribution in [0.15, 0.2) is 52.9 Å². The maximum atomic E-state index is 10.3. The highest BCUT2D eigenvalue weighted by molar-refractivity contribution is 5.84. The molecule has 1 aliphatic heterocycles. The lowest BCUT2D eigenvalue weighted by Gasteiger charge is -2.27. The Balaban J connectivity index is 1.64. The third-order valence-corrected chi connectivity index (χ3v) is 4.55. The first kappa shape index (κ1) is 15.2. The summed E-state index contributed by atoms with van der Waals surface area (Å²) >= 11 is 0. The standard InChI is InChI=1S/C20H21NO3/c22-19-6-7-20-17(18(19)14-21-8-10-23-11-9-21)13-16(24-20)12-15-4-2-1-3-5-15/h1-7,13,22H,8-12,14H2. The number of phenols is 1. The fourth-order valence-electron chi connectivity index (χ4n) is 3.24. The minimum atomic E-state index is 0.334. The number of rotatable bonds is 4. The minimum Gasteiger partial charge on any atom is -0.508 e. The molecule has 4 rings (SSSR count). The Hall–Kier alpha value is -2.30. The van der Waals surface area contributed by atoms with Gasteiger partial charge in [0.1, 0.15) is 17.1 Å². The third kappa shape index (κ3) is 3.16. The maximum Gasteiger partial charge on any atom is 0.134 e. The molecule has 1 N–H and O–H groups in total. The van der Waals surface area contributed by atoms with Gasteiger partial charge in [-0.05, 0) is 23.8 Å². The predicted octanol–water partition coefficient (Wildman–Crippen LogP) is 3.56. The van der Waals surface area contributed by atoms with Crippen LogP contribution in [0.2, 0.25) is 0 Å². The van der Waals surface area contributed by atoms with E-state index in [-0.39, 0.29) is 0 Å². The Labute approximate surface area is 141 Å². The number of furan rings is 1. The monoisotopic (exact) mass is 323 g/mol. The second-order valence-electron chi connectivity index (χ2n) is 6.24. The van der Waals surface area contributed by atoms with Gasteiger partial charge in [-0.25, -0.2) is 0 Å². The van der Waals surface area contributed by atoms with Crippen LogP contribution in [-0.4, -0.2) is 36.3 Å². The van der Waals surface area contributed by atoms with Gasteiger partial charge in [-0.3, -0.25) is 4.90 Å². The molecule has 0 atom stereocenters. The molecule has 1 aromatic heterocycles. The van der Waals surface area contributed by atoms with Crippen LogP contribution >= 0.6 is 0 Å². The van der Waals surface area contributed by atoms with Crippen molar-refractivity contribution in [3.8, 4) is 5.75 Å². The van der Waals surface area contributed by atoms with E-state index in [0.717, 1.165) is 61.6 Å². The van der Waals surface area contributed by atoms with Crippen LogP contribution in [0.5, 0.6) is 5.75 Å². The van der Waals surface area contributed by atoms with Gasteiger partial charge in [0.25, 0.3) is 0 Å². The first-order valence-electron chi connectivity index (χ1n) is 8.37. The number of phenolic OH excluding ortho intramolecular Hbond substituents is 1. The molecule has 0 radical (unpaired) electrons. The molecule has 1 fully saturated rings. The molecule has 0 aliphatic carbocycles. The van der Waals surface area contributed by atoms with Crippen molar-refractivity contribution in [2.45, 2.75) is 13.0 Å². The van der Waals surface area contributed by atoms with Crippen molar-refractivity contribution in [3.05, 3.63) is 65.4 Å². The van der Waals surface area contributed by atoms with E-state index < -0.39 is 0 Å². The van der Waals surface area contributed by atoms with E-state index in [1.54, 1.807) is 6.07 Å². The molecular formula is C20H21NO3. The van der Waals surface area contributed by atoms with Crippen molar-refractivity contribution in [3.63, 3.8) is 0 Å². The van der Waals surface area contributed by atoms with Gasteiger partial charge in [0.15, 0.2) is 0 Å². The fraction of sp³-hybridized carbons (Fsp3) is 0.300. The Morgan fingerprint density at radius 2 is 1.79 bits per heavy atom. The second kappa shape index (κ2) is 6.67. The van der Waals surface area contributed by atoms with Gasteiger partial charge in [0.2, 0.25) is 0 Å². The number of hydrogen-bond acceptors (Lipinski definition) is 4. The van der Waals surface area contributed by atoms with Crippen LogP contribution in [-0.2, 0) is 17.7 Å². The van der Waals surface area contributed by atoms with Crippen LogP contribution in [0.4, 0.5) is 0 Å². The second-order valence-corrected chi connectivity index (χ2v) is 6.24. The predicted molar refractivity (Wildman–Crippen MR) is 93.2 cm³/mol. The van der Waals surface area contributed by atoms with Gasteiger partial charge in [-0.15, -0.1) is 0 Å². The molecule has 0 bridgehead atoms. The van der Waals surface area contributed by atoms with Crippen LogP contribution in [0.1, 0.15) is 16.9 Å². The van der Waals surface area contributed by atoms with E-state index >= 15 is 0 Å². The Morgan fingerprint density at radius 1 is 1.00 bits per heavy atom. The third-order valence-electron chi connectivity index (χ3n) is 4.55. The lowest BCUT2D eigenvalue weighted by molar-refractivity contribution is 0.0341. The smallest absolute Gasteiger partial charge is 0.134 e. The normalized spacial score (nSPS) is 15.8. The molecule has 3 aromatic rings. The maximum absolute atomic E-state index is 10.3. The Bertz CT molecular complexity index is 820. The number of morpholine rings is 1. The number of benzene rings is 2. The first-order chi connectivity index (χ1) is 11.8. The number of nitrogens with zero attached hydrogens (tertiary/aromatic N) is 1. The highest BCUT2D eigenvalue weighted by Crippen LogP contribution is 2.31. The van der Waals surface area contributed by atoms with Crippen LogP contribution in [0.25, 0.3) is 11.0 Å². The van der Waals surface area contributed by atoms with Crippen molar-refractivity contribution >= 4 is 11.0 Å².